The number of hydrogen-bond acceptors (Lipinski definition) is 6. The van der Waals surface area contributed by atoms with Gasteiger partial charge in [0.2, 0.25) is 5.91 Å². The number of rotatable bonds is 9. The quantitative estimate of drug-likeness (QED) is 0.410. The Bertz CT molecular complexity index is 1210. The zero-order valence-electron chi connectivity index (χ0n) is 17.8. The number of carbonyl (C=O) groups excluding carboxylic acids is 1. The molecule has 0 saturated heterocycles. The van der Waals surface area contributed by atoms with E-state index < -0.39 is 22.9 Å². The topological polar surface area (TPSA) is 113 Å². The van der Waals surface area contributed by atoms with Gasteiger partial charge in [-0.1, -0.05) is 42.1 Å². The van der Waals surface area contributed by atoms with Crippen LogP contribution in [0.25, 0.3) is 0 Å². The van der Waals surface area contributed by atoms with Crippen molar-refractivity contribution in [2.75, 3.05) is 29.0 Å². The monoisotopic (exact) mass is 475 g/mol. The average molecular weight is 476 g/mol. The second kappa shape index (κ2) is 10.8. The Morgan fingerprint density at radius 3 is 2.42 bits per heavy atom. The van der Waals surface area contributed by atoms with Crippen molar-refractivity contribution in [2.45, 2.75) is 24.1 Å². The van der Waals surface area contributed by atoms with E-state index in [2.05, 4.69) is 10.3 Å². The second-order valence-electron chi connectivity index (χ2n) is 7.03. The molecular weight excluding hydrogens is 452 g/mol. The molecule has 3 rings (SSSR count). The van der Waals surface area contributed by atoms with Crippen molar-refractivity contribution >= 4 is 34.9 Å². The molecule has 0 aliphatic heterocycles. The lowest BCUT2D eigenvalue weighted by atomic mass is 10.2. The van der Waals surface area contributed by atoms with Crippen LogP contribution in [0.15, 0.2) is 69.1 Å². The maximum Gasteiger partial charge on any atom is 0.330 e. The minimum absolute atomic E-state index is 0.0202. The molecule has 1 amide bonds. The van der Waals surface area contributed by atoms with Crippen LogP contribution in [0.2, 0.25) is 0 Å². The average Bonchev–Trinajstić information content (AvgIpc) is 2.77. The van der Waals surface area contributed by atoms with E-state index in [1.54, 1.807) is 6.92 Å². The van der Waals surface area contributed by atoms with Crippen molar-refractivity contribution in [3.63, 3.8) is 0 Å². The Balaban J connectivity index is 1.79. The first-order chi connectivity index (χ1) is 15.8. The number of alkyl halides is 2. The van der Waals surface area contributed by atoms with Crippen LogP contribution in [0.5, 0.6) is 0 Å². The van der Waals surface area contributed by atoms with Crippen LogP contribution in [0.3, 0.4) is 0 Å². The van der Waals surface area contributed by atoms with E-state index in [0.29, 0.717) is 22.3 Å². The number of carbonyl (C=O) groups is 1. The molecule has 0 aliphatic carbocycles. The van der Waals surface area contributed by atoms with E-state index in [1.807, 2.05) is 30.3 Å². The number of nitrogens with zero attached hydrogens (tertiary/aromatic N) is 2. The minimum atomic E-state index is -2.53. The van der Waals surface area contributed by atoms with Crippen LogP contribution >= 0.6 is 11.8 Å². The largest absolute Gasteiger partial charge is 0.383 e. The molecule has 0 unspecified atom stereocenters. The fourth-order valence-electron chi connectivity index (χ4n) is 3.25. The zero-order chi connectivity index (χ0) is 24.0. The first kappa shape index (κ1) is 24.1. The fourth-order valence-corrected chi connectivity index (χ4v) is 3.75. The van der Waals surface area contributed by atoms with Gasteiger partial charge in [0.05, 0.1) is 13.1 Å². The zero-order valence-corrected chi connectivity index (χ0v) is 18.6. The Labute approximate surface area is 192 Å². The first-order valence-electron chi connectivity index (χ1n) is 10.0. The predicted molar refractivity (Wildman–Crippen MR) is 126 cm³/mol. The number of thioether (sulfide) groups is 1. The van der Waals surface area contributed by atoms with Gasteiger partial charge < -0.3 is 16.0 Å². The summed E-state index contributed by atoms with van der Waals surface area (Å²) in [6.45, 7) is 1.96. The van der Waals surface area contributed by atoms with Gasteiger partial charge in [-0.15, -0.1) is 0 Å². The molecule has 11 heteroatoms. The number of nitrogen functional groups attached to an aromatic ring is 1. The summed E-state index contributed by atoms with van der Waals surface area (Å²) < 4.78 is 26.1. The highest BCUT2D eigenvalue weighted by atomic mass is 32.2. The van der Waals surface area contributed by atoms with Gasteiger partial charge in [0, 0.05) is 17.1 Å². The lowest BCUT2D eigenvalue weighted by molar-refractivity contribution is -0.115. The van der Waals surface area contributed by atoms with Crippen LogP contribution in [-0.4, -0.2) is 34.3 Å². The number of benzene rings is 2. The summed E-state index contributed by atoms with van der Waals surface area (Å²) in [5, 5.41) is 2.66. The molecular formula is C22H23F2N5O3S. The molecule has 0 bridgehead atoms. The first-order valence-corrected chi connectivity index (χ1v) is 10.9. The van der Waals surface area contributed by atoms with Crippen molar-refractivity contribution in [3.8, 4) is 0 Å². The Hall–Kier alpha value is -3.60. The van der Waals surface area contributed by atoms with E-state index in [4.69, 9.17) is 5.73 Å². The molecule has 0 radical (unpaired) electrons. The van der Waals surface area contributed by atoms with Gasteiger partial charge in [-0.25, -0.2) is 4.79 Å². The van der Waals surface area contributed by atoms with Crippen LogP contribution in [0.4, 0.5) is 26.0 Å². The van der Waals surface area contributed by atoms with Crippen molar-refractivity contribution in [2.24, 2.45) is 0 Å². The molecule has 1 aromatic heterocycles. The van der Waals surface area contributed by atoms with Gasteiger partial charge in [0.25, 0.3) is 11.3 Å². The predicted octanol–water partition coefficient (Wildman–Crippen LogP) is 2.95. The molecule has 3 aromatic rings. The minimum Gasteiger partial charge on any atom is -0.383 e. The molecule has 0 saturated carbocycles. The van der Waals surface area contributed by atoms with Gasteiger partial charge in [0.15, 0.2) is 0 Å². The molecule has 0 atom stereocenters. The third kappa shape index (κ3) is 6.22. The van der Waals surface area contributed by atoms with E-state index in [0.717, 1.165) is 5.56 Å². The third-order valence-electron chi connectivity index (χ3n) is 4.79. The number of nitrogens with two attached hydrogens (primary N) is 1. The van der Waals surface area contributed by atoms with Crippen molar-refractivity contribution in [3.05, 3.63) is 81.0 Å². The summed E-state index contributed by atoms with van der Waals surface area (Å²) in [6, 6.07) is 15.1. The van der Waals surface area contributed by atoms with E-state index in [9.17, 15) is 23.2 Å². The molecule has 0 fully saturated rings. The second-order valence-corrected chi connectivity index (χ2v) is 8.09. The Morgan fingerprint density at radius 1 is 1.15 bits per heavy atom. The molecule has 0 aliphatic rings. The van der Waals surface area contributed by atoms with E-state index >= 15 is 0 Å². The number of likely N-dealkylation sites (N-methyl/N-ethyl adjacent to an activating group) is 1. The summed E-state index contributed by atoms with van der Waals surface area (Å²) in [5.74, 6) is -3.02. The molecule has 1 heterocycles. The molecule has 2 aromatic carbocycles. The normalized spacial score (nSPS) is 10.9. The maximum absolute atomic E-state index is 12.6. The summed E-state index contributed by atoms with van der Waals surface area (Å²) in [5.41, 5.74) is 6.12. The smallest absolute Gasteiger partial charge is 0.330 e. The highest BCUT2D eigenvalue weighted by Crippen LogP contribution is 2.26. The van der Waals surface area contributed by atoms with Crippen LogP contribution in [-0.2, 0) is 11.3 Å². The Kier molecular flexibility index (Phi) is 7.88. The van der Waals surface area contributed by atoms with Crippen molar-refractivity contribution in [1.29, 1.82) is 0 Å². The van der Waals surface area contributed by atoms with Crippen molar-refractivity contribution in [1.82, 2.24) is 9.55 Å². The lowest BCUT2D eigenvalue weighted by Gasteiger charge is -2.24. The number of H-pyrrole nitrogens is 1. The number of anilines is 3. The van der Waals surface area contributed by atoms with Gasteiger partial charge in [-0.2, -0.15) is 8.78 Å². The highest BCUT2D eigenvalue weighted by Gasteiger charge is 2.20. The van der Waals surface area contributed by atoms with Gasteiger partial charge in [-0.05, 0) is 36.8 Å². The number of amides is 1. The highest BCUT2D eigenvalue weighted by molar-refractivity contribution is 7.99. The van der Waals surface area contributed by atoms with Crippen molar-refractivity contribution < 1.29 is 13.6 Å². The molecule has 33 heavy (non-hydrogen) atoms. The number of aromatic nitrogens is 2. The molecule has 8 nitrogen and oxygen atoms in total. The van der Waals surface area contributed by atoms with E-state index in [-0.39, 0.29) is 31.1 Å². The van der Waals surface area contributed by atoms with Gasteiger partial charge in [-0.3, -0.25) is 19.1 Å². The summed E-state index contributed by atoms with van der Waals surface area (Å²) in [7, 11) is 0. The fraction of sp³-hybridized carbons (Fsp3) is 0.227. The molecule has 4 N–H and O–H groups in total. The third-order valence-corrected chi connectivity index (χ3v) is 5.52. The summed E-state index contributed by atoms with van der Waals surface area (Å²) in [6.07, 6.45) is 0. The van der Waals surface area contributed by atoms with Gasteiger partial charge in [0.1, 0.15) is 11.5 Å². The summed E-state index contributed by atoms with van der Waals surface area (Å²) in [4.78, 5) is 41.6. The number of nitrogens with one attached hydrogen (secondary N) is 2. The summed E-state index contributed by atoms with van der Waals surface area (Å²) >= 11 is 0.409. The van der Waals surface area contributed by atoms with Gasteiger partial charge >= 0.3 is 5.69 Å². The van der Waals surface area contributed by atoms with Crippen LogP contribution in [0, 0.1) is 0 Å². The SMILES string of the molecule is CCN(CC(=O)Nc1ccc(SC(F)F)cc1)c1c(N)n(Cc2ccccc2)c(=O)[nH]c1=O. The Morgan fingerprint density at radius 2 is 1.82 bits per heavy atom. The number of aromatic amines is 1. The van der Waals surface area contributed by atoms with Crippen LogP contribution in [0.1, 0.15) is 12.5 Å². The number of halogens is 2. The molecule has 174 valence electrons. The van der Waals surface area contributed by atoms with Crippen LogP contribution < -0.4 is 27.2 Å². The lowest BCUT2D eigenvalue weighted by Crippen LogP contribution is -2.41. The van der Waals surface area contributed by atoms with E-state index in [1.165, 1.54) is 33.7 Å². The maximum atomic E-state index is 12.6. The molecule has 0 spiro atoms. The number of hydrogen-bond donors (Lipinski definition) is 3. The standard InChI is InChI=1S/C22H23F2N5O3S/c1-2-28(13-17(30)26-15-8-10-16(11-9-15)33-21(23)24)18-19(25)29(22(32)27-20(18)31)12-14-6-4-3-5-7-14/h3-11,21H,2,12-13,25H2,1H3,(H,26,30)(H,27,31,32).